The average Bonchev–Trinajstić information content (AvgIpc) is 2.02. The van der Waals surface area contributed by atoms with E-state index in [1.165, 1.54) is 0 Å². The highest BCUT2D eigenvalue weighted by Gasteiger charge is 1.82. The lowest BCUT2D eigenvalue weighted by atomic mass is 10.2. The second-order valence-electron chi connectivity index (χ2n) is 3.13. The maximum Gasteiger partial charge on any atom is 0.0226 e. The van der Waals surface area contributed by atoms with Gasteiger partial charge in [-0.2, -0.15) is 0 Å². The van der Waals surface area contributed by atoms with E-state index in [0.29, 0.717) is 11.8 Å². The van der Waals surface area contributed by atoms with Crippen molar-refractivity contribution >= 4 is 6.21 Å². The number of hydrogen-bond donors (Lipinski definition) is 0. The van der Waals surface area contributed by atoms with Crippen LogP contribution in [-0.2, 0) is 0 Å². The highest BCUT2D eigenvalue weighted by Crippen LogP contribution is 1.93. The number of nitrogens with zero attached hydrogens (tertiary/aromatic N) is 1. The third-order valence-corrected chi connectivity index (χ3v) is 0.941. The molecule has 0 aromatic heterocycles. The molecule has 0 aliphatic carbocycles. The molecule has 0 rings (SSSR count). The number of aliphatic imine (C=N–C) groups is 1. The van der Waals surface area contributed by atoms with E-state index in [9.17, 15) is 0 Å². The quantitative estimate of drug-likeness (QED) is 0.568. The predicted octanol–water partition coefficient (Wildman–Crippen LogP) is 3.91. The molecule has 72 valence electrons. The summed E-state index contributed by atoms with van der Waals surface area (Å²) in [7, 11) is 0. The molecular formula is C11H23N. The maximum atomic E-state index is 4.11. The van der Waals surface area contributed by atoms with Crippen molar-refractivity contribution in [2.45, 2.75) is 41.5 Å². The summed E-state index contributed by atoms with van der Waals surface area (Å²) >= 11 is 0. The largest absolute Gasteiger partial charge is 0.269 e. The SMILES string of the molecule is CC.CC(C)C=CN=CC(C)C. The zero-order valence-corrected chi connectivity index (χ0v) is 9.33. The van der Waals surface area contributed by atoms with Crippen molar-refractivity contribution in [2.75, 3.05) is 0 Å². The molecule has 0 unspecified atom stereocenters. The summed E-state index contributed by atoms with van der Waals surface area (Å²) in [6, 6.07) is 0. The van der Waals surface area contributed by atoms with Crippen LogP contribution < -0.4 is 0 Å². The van der Waals surface area contributed by atoms with E-state index < -0.39 is 0 Å². The van der Waals surface area contributed by atoms with Gasteiger partial charge < -0.3 is 0 Å². The zero-order chi connectivity index (χ0) is 9.98. The van der Waals surface area contributed by atoms with Crippen LogP contribution in [0.5, 0.6) is 0 Å². The lowest BCUT2D eigenvalue weighted by Gasteiger charge is -1.91. The van der Waals surface area contributed by atoms with E-state index in [0.717, 1.165) is 0 Å². The molecule has 0 saturated heterocycles. The van der Waals surface area contributed by atoms with Crippen LogP contribution in [0, 0.1) is 11.8 Å². The van der Waals surface area contributed by atoms with Crippen LogP contribution in [0.3, 0.4) is 0 Å². The second kappa shape index (κ2) is 10.4. The van der Waals surface area contributed by atoms with E-state index in [1.54, 1.807) is 0 Å². The van der Waals surface area contributed by atoms with Gasteiger partial charge >= 0.3 is 0 Å². The summed E-state index contributed by atoms with van der Waals surface area (Å²) in [5.41, 5.74) is 0. The van der Waals surface area contributed by atoms with Crippen molar-refractivity contribution in [3.05, 3.63) is 12.3 Å². The first kappa shape index (κ1) is 14.0. The monoisotopic (exact) mass is 169 g/mol. The number of allylic oxidation sites excluding steroid dienone is 1. The van der Waals surface area contributed by atoms with Crippen molar-refractivity contribution < 1.29 is 0 Å². The third kappa shape index (κ3) is 16.2. The Balaban J connectivity index is 0. The van der Waals surface area contributed by atoms with Gasteiger partial charge in [-0.3, -0.25) is 4.99 Å². The maximum absolute atomic E-state index is 4.11. The van der Waals surface area contributed by atoms with Crippen LogP contribution in [0.2, 0.25) is 0 Å². The molecule has 0 radical (unpaired) electrons. The van der Waals surface area contributed by atoms with Gasteiger partial charge in [-0.05, 0) is 11.8 Å². The van der Waals surface area contributed by atoms with Gasteiger partial charge in [-0.1, -0.05) is 47.6 Å². The van der Waals surface area contributed by atoms with Crippen LogP contribution in [0.4, 0.5) is 0 Å². The molecule has 0 aromatic carbocycles. The summed E-state index contributed by atoms with van der Waals surface area (Å²) in [6.07, 6.45) is 5.89. The molecule has 0 aromatic rings. The molecule has 1 nitrogen and oxygen atoms in total. The molecule has 0 N–H and O–H groups in total. The fourth-order valence-electron chi connectivity index (χ4n) is 0.444. The Morgan fingerprint density at radius 2 is 1.42 bits per heavy atom. The lowest BCUT2D eigenvalue weighted by Crippen LogP contribution is -1.85. The van der Waals surface area contributed by atoms with Gasteiger partial charge in [-0.25, -0.2) is 0 Å². The van der Waals surface area contributed by atoms with Crippen LogP contribution in [0.1, 0.15) is 41.5 Å². The van der Waals surface area contributed by atoms with E-state index in [-0.39, 0.29) is 0 Å². The Hall–Kier alpha value is -0.590. The van der Waals surface area contributed by atoms with Gasteiger partial charge in [-0.15, -0.1) is 0 Å². The molecule has 12 heavy (non-hydrogen) atoms. The van der Waals surface area contributed by atoms with Crippen molar-refractivity contribution in [2.24, 2.45) is 16.8 Å². The zero-order valence-electron chi connectivity index (χ0n) is 9.33. The normalized spacial score (nSPS) is 11.3. The van der Waals surface area contributed by atoms with Crippen molar-refractivity contribution in [3.8, 4) is 0 Å². The smallest absolute Gasteiger partial charge is 0.0226 e. The highest BCUT2D eigenvalue weighted by atomic mass is 14.7. The Bertz CT molecular complexity index is 105. The molecule has 0 spiro atoms. The van der Waals surface area contributed by atoms with Gasteiger partial charge in [0.25, 0.3) is 0 Å². The molecule has 0 saturated carbocycles. The molecule has 0 fully saturated rings. The Morgan fingerprint density at radius 1 is 0.917 bits per heavy atom. The van der Waals surface area contributed by atoms with Crippen LogP contribution in [-0.4, -0.2) is 6.21 Å². The summed E-state index contributed by atoms with van der Waals surface area (Å²) in [6.45, 7) is 12.5. The molecule has 0 aliphatic rings. The standard InChI is InChI=1S/C9H17N.C2H6/c1-8(2)5-6-10-7-9(3)4;1-2/h5-9H,1-4H3;1-2H3. The van der Waals surface area contributed by atoms with E-state index in [1.807, 2.05) is 26.3 Å². The minimum Gasteiger partial charge on any atom is -0.269 e. The van der Waals surface area contributed by atoms with E-state index in [4.69, 9.17) is 0 Å². The van der Waals surface area contributed by atoms with Gasteiger partial charge in [0, 0.05) is 12.4 Å². The molecule has 0 bridgehead atoms. The second-order valence-corrected chi connectivity index (χ2v) is 3.13. The average molecular weight is 169 g/mol. The van der Waals surface area contributed by atoms with Gasteiger partial charge in [0.1, 0.15) is 0 Å². The minimum absolute atomic E-state index is 0.553. The van der Waals surface area contributed by atoms with Crippen molar-refractivity contribution in [1.82, 2.24) is 0 Å². The molecule has 0 amide bonds. The molecule has 1 heteroatoms. The van der Waals surface area contributed by atoms with Crippen molar-refractivity contribution in [3.63, 3.8) is 0 Å². The molecule has 0 aliphatic heterocycles. The Labute approximate surface area is 77.6 Å². The summed E-state index contributed by atoms with van der Waals surface area (Å²) < 4.78 is 0. The van der Waals surface area contributed by atoms with Gasteiger partial charge in [0.05, 0.1) is 0 Å². The number of hydrogen-bond acceptors (Lipinski definition) is 1. The van der Waals surface area contributed by atoms with Gasteiger partial charge in [0.15, 0.2) is 0 Å². The lowest BCUT2D eigenvalue weighted by molar-refractivity contribution is 0.828. The summed E-state index contributed by atoms with van der Waals surface area (Å²) in [4.78, 5) is 4.11. The summed E-state index contributed by atoms with van der Waals surface area (Å²) in [5.74, 6) is 1.15. The van der Waals surface area contributed by atoms with E-state index in [2.05, 4.69) is 38.8 Å². The Morgan fingerprint density at radius 3 is 1.75 bits per heavy atom. The van der Waals surface area contributed by atoms with Crippen LogP contribution >= 0.6 is 0 Å². The molecule has 0 heterocycles. The fourth-order valence-corrected chi connectivity index (χ4v) is 0.444. The minimum atomic E-state index is 0.553. The number of rotatable bonds is 3. The van der Waals surface area contributed by atoms with Crippen LogP contribution in [0.15, 0.2) is 17.3 Å². The van der Waals surface area contributed by atoms with Crippen LogP contribution in [0.25, 0.3) is 0 Å². The first-order valence-electron chi connectivity index (χ1n) is 4.83. The van der Waals surface area contributed by atoms with Gasteiger partial charge in [0.2, 0.25) is 0 Å². The van der Waals surface area contributed by atoms with E-state index >= 15 is 0 Å². The molecule has 0 atom stereocenters. The fraction of sp³-hybridized carbons (Fsp3) is 0.727. The summed E-state index contributed by atoms with van der Waals surface area (Å²) in [5, 5.41) is 0. The topological polar surface area (TPSA) is 12.4 Å². The Kier molecular flexibility index (Phi) is 12.1. The first-order valence-corrected chi connectivity index (χ1v) is 4.83. The molecular weight excluding hydrogens is 146 g/mol. The third-order valence-electron chi connectivity index (χ3n) is 0.941. The van der Waals surface area contributed by atoms with Crippen molar-refractivity contribution in [1.29, 1.82) is 0 Å². The highest BCUT2D eigenvalue weighted by molar-refractivity contribution is 5.60. The first-order chi connectivity index (χ1) is 5.63. The predicted molar refractivity (Wildman–Crippen MR) is 58.7 cm³/mol.